The molecule has 3 aromatic carbocycles. The molecular weight excluding hydrogens is 545 g/mol. The van der Waals surface area contributed by atoms with Crippen LogP contribution in [-0.2, 0) is 50.1 Å². The Morgan fingerprint density at radius 3 is 1.88 bits per heavy atom. The van der Waals surface area contributed by atoms with Crippen molar-refractivity contribution in [3.8, 4) is 11.1 Å². The summed E-state index contributed by atoms with van der Waals surface area (Å²) in [6.45, 7) is 8.30. The maximum absolute atomic E-state index is 13.5. The monoisotopic (exact) mass is 583 g/mol. The number of esters is 2. The van der Waals surface area contributed by atoms with E-state index in [1.165, 1.54) is 6.92 Å². The van der Waals surface area contributed by atoms with Gasteiger partial charge in [-0.1, -0.05) is 54.6 Å². The summed E-state index contributed by atoms with van der Waals surface area (Å²) < 4.78 is 35.1. The molecule has 41 heavy (non-hydrogen) atoms. The van der Waals surface area contributed by atoms with Gasteiger partial charge < -0.3 is 23.8 Å². The molecule has 3 aromatic rings. The van der Waals surface area contributed by atoms with Gasteiger partial charge in [0.05, 0.1) is 32.6 Å². The molecule has 0 bridgehead atoms. The van der Waals surface area contributed by atoms with Crippen LogP contribution in [0, 0.1) is 0 Å². The zero-order valence-corrected chi connectivity index (χ0v) is 25.1. The van der Waals surface area contributed by atoms with Gasteiger partial charge in [0.25, 0.3) is 0 Å². The average Bonchev–Trinajstić information content (AvgIpc) is 2.92. The normalized spacial score (nSPS) is 11.7. The molecule has 220 valence electrons. The van der Waals surface area contributed by atoms with E-state index in [1.807, 2.05) is 54.6 Å². The number of ether oxygens (including phenoxy) is 2. The Bertz CT molecular complexity index is 1410. The second-order valence-corrected chi connectivity index (χ2v) is 11.5. The molecular formula is C31H38NO8P. The first-order valence-electron chi connectivity index (χ1n) is 13.7. The van der Waals surface area contributed by atoms with Crippen molar-refractivity contribution < 1.29 is 37.5 Å². The number of amides is 1. The van der Waals surface area contributed by atoms with E-state index < -0.39 is 31.0 Å². The van der Waals surface area contributed by atoms with Crippen LogP contribution in [0.15, 0.2) is 60.7 Å². The topological polar surface area (TPSA) is 117 Å². The van der Waals surface area contributed by atoms with E-state index in [2.05, 4.69) is 5.32 Å². The van der Waals surface area contributed by atoms with Crippen molar-refractivity contribution in [2.45, 2.75) is 52.7 Å². The molecule has 0 saturated heterocycles. The fraction of sp³-hybridized carbons (Fsp3) is 0.387. The number of carbonyl (C=O) groups is 3. The van der Waals surface area contributed by atoms with Crippen molar-refractivity contribution >= 4 is 36.2 Å². The van der Waals surface area contributed by atoms with Gasteiger partial charge in [0.1, 0.15) is 0 Å². The third kappa shape index (κ3) is 8.03. The Hall–Kier alpha value is -3.52. The number of nitrogens with one attached hydrogen (secondary N) is 1. The number of hydrogen-bond acceptors (Lipinski definition) is 8. The smallest absolute Gasteiger partial charge is 0.344 e. The fourth-order valence-electron chi connectivity index (χ4n) is 4.73. The molecule has 0 aliphatic heterocycles. The summed E-state index contributed by atoms with van der Waals surface area (Å²) >= 11 is 0. The van der Waals surface area contributed by atoms with Gasteiger partial charge >= 0.3 is 19.5 Å². The standard InChI is InChI=1S/C31H38NO8P/c1-6-37-29(34)31(32-22(5)33,30(35)38-7-2)20-23-16-24(21-41(36,39-8-3)40-9-4)18-28(17-23)27-15-14-25-12-10-11-13-26(25)19-27/h10-19H,6-9,20-21H2,1-5H3,(H,32,33). The molecule has 1 N–H and O–H groups in total. The molecule has 0 spiro atoms. The summed E-state index contributed by atoms with van der Waals surface area (Å²) in [5.41, 5.74) is 0.625. The molecule has 0 fully saturated rings. The molecule has 0 aliphatic rings. The van der Waals surface area contributed by atoms with Gasteiger partial charge in [-0.05, 0) is 66.8 Å². The molecule has 1 amide bonds. The summed E-state index contributed by atoms with van der Waals surface area (Å²) in [6.07, 6.45) is -0.290. The minimum absolute atomic E-state index is 0.00610. The van der Waals surface area contributed by atoms with E-state index in [-0.39, 0.29) is 39.0 Å². The summed E-state index contributed by atoms with van der Waals surface area (Å²) in [6, 6.07) is 19.4. The summed E-state index contributed by atoms with van der Waals surface area (Å²) in [7, 11) is -3.50. The van der Waals surface area contributed by atoms with E-state index in [1.54, 1.807) is 33.8 Å². The van der Waals surface area contributed by atoms with E-state index in [9.17, 15) is 18.9 Å². The van der Waals surface area contributed by atoms with Crippen LogP contribution in [0.4, 0.5) is 0 Å². The minimum atomic E-state index is -3.50. The Balaban J connectivity index is 2.22. The van der Waals surface area contributed by atoms with Crippen LogP contribution in [0.1, 0.15) is 45.7 Å². The maximum atomic E-state index is 13.5. The third-order valence-corrected chi connectivity index (χ3v) is 8.33. The van der Waals surface area contributed by atoms with Gasteiger partial charge in [0.2, 0.25) is 11.4 Å². The highest BCUT2D eigenvalue weighted by Gasteiger charge is 2.50. The van der Waals surface area contributed by atoms with Crippen LogP contribution in [-0.4, -0.2) is 49.8 Å². The summed E-state index contributed by atoms with van der Waals surface area (Å²) in [4.78, 5) is 38.9. The lowest BCUT2D eigenvalue weighted by Crippen LogP contribution is -2.62. The van der Waals surface area contributed by atoms with E-state index in [4.69, 9.17) is 18.5 Å². The average molecular weight is 584 g/mol. The highest BCUT2D eigenvalue weighted by Crippen LogP contribution is 2.51. The molecule has 0 unspecified atom stereocenters. The SMILES string of the molecule is CCOC(=O)C(Cc1cc(CP(=O)(OCC)OCC)cc(-c2ccc3ccccc3c2)c1)(NC(C)=O)C(=O)OCC. The zero-order valence-electron chi connectivity index (χ0n) is 24.2. The number of carbonyl (C=O) groups excluding carboxylic acids is 3. The van der Waals surface area contributed by atoms with Crippen molar-refractivity contribution in [3.63, 3.8) is 0 Å². The van der Waals surface area contributed by atoms with Crippen LogP contribution in [0.5, 0.6) is 0 Å². The summed E-state index contributed by atoms with van der Waals surface area (Å²) in [5.74, 6) is -2.46. The first kappa shape index (κ1) is 32.0. The molecule has 10 heteroatoms. The summed E-state index contributed by atoms with van der Waals surface area (Å²) in [5, 5.41) is 4.60. The Morgan fingerprint density at radius 1 is 0.732 bits per heavy atom. The largest absolute Gasteiger partial charge is 0.464 e. The van der Waals surface area contributed by atoms with Gasteiger partial charge in [-0.3, -0.25) is 9.36 Å². The lowest BCUT2D eigenvalue weighted by molar-refractivity contribution is -0.168. The van der Waals surface area contributed by atoms with Crippen molar-refractivity contribution in [3.05, 3.63) is 71.8 Å². The molecule has 0 saturated carbocycles. The molecule has 0 radical (unpaired) electrons. The predicted molar refractivity (Wildman–Crippen MR) is 157 cm³/mol. The molecule has 9 nitrogen and oxygen atoms in total. The Kier molecular flexibility index (Phi) is 11.2. The van der Waals surface area contributed by atoms with Crippen LogP contribution in [0.3, 0.4) is 0 Å². The molecule has 0 aliphatic carbocycles. The second-order valence-electron chi connectivity index (χ2n) is 9.41. The van der Waals surface area contributed by atoms with Gasteiger partial charge in [-0.15, -0.1) is 0 Å². The van der Waals surface area contributed by atoms with Crippen LogP contribution in [0.25, 0.3) is 21.9 Å². The number of fused-ring (bicyclic) bond motifs is 1. The van der Waals surface area contributed by atoms with Gasteiger partial charge in [0.15, 0.2) is 0 Å². The highest BCUT2D eigenvalue weighted by atomic mass is 31.2. The fourth-order valence-corrected chi connectivity index (χ4v) is 6.40. The quantitative estimate of drug-likeness (QED) is 0.143. The van der Waals surface area contributed by atoms with Crippen molar-refractivity contribution in [2.75, 3.05) is 26.4 Å². The predicted octanol–water partition coefficient (Wildman–Crippen LogP) is 5.82. The van der Waals surface area contributed by atoms with Crippen molar-refractivity contribution in [1.82, 2.24) is 5.32 Å². The number of rotatable bonds is 14. The third-order valence-electron chi connectivity index (χ3n) is 6.27. The Morgan fingerprint density at radius 2 is 1.32 bits per heavy atom. The zero-order chi connectivity index (χ0) is 30.0. The first-order valence-corrected chi connectivity index (χ1v) is 15.5. The maximum Gasteiger partial charge on any atom is 0.344 e. The van der Waals surface area contributed by atoms with Crippen molar-refractivity contribution in [2.24, 2.45) is 0 Å². The number of hydrogen-bond donors (Lipinski definition) is 1. The van der Waals surface area contributed by atoms with Gasteiger partial charge in [-0.2, -0.15) is 0 Å². The van der Waals surface area contributed by atoms with Crippen LogP contribution >= 0.6 is 7.60 Å². The van der Waals surface area contributed by atoms with Crippen molar-refractivity contribution in [1.29, 1.82) is 0 Å². The molecule has 3 rings (SSSR count). The lowest BCUT2D eigenvalue weighted by atomic mass is 9.88. The minimum Gasteiger partial charge on any atom is -0.464 e. The van der Waals surface area contributed by atoms with E-state index in [0.29, 0.717) is 11.1 Å². The van der Waals surface area contributed by atoms with Crippen LogP contribution < -0.4 is 5.32 Å². The molecule has 0 atom stereocenters. The lowest BCUT2D eigenvalue weighted by Gasteiger charge is -2.30. The van der Waals surface area contributed by atoms with Gasteiger partial charge in [-0.25, -0.2) is 9.59 Å². The number of benzene rings is 3. The highest BCUT2D eigenvalue weighted by molar-refractivity contribution is 7.53. The van der Waals surface area contributed by atoms with Crippen LogP contribution in [0.2, 0.25) is 0 Å². The first-order chi connectivity index (χ1) is 19.6. The Labute approximate surface area is 241 Å². The van der Waals surface area contributed by atoms with Gasteiger partial charge in [0, 0.05) is 13.3 Å². The van der Waals surface area contributed by atoms with E-state index >= 15 is 0 Å². The second kappa shape index (κ2) is 14.4. The molecule has 0 heterocycles. The molecule has 0 aromatic heterocycles. The van der Waals surface area contributed by atoms with E-state index in [0.717, 1.165) is 21.9 Å².